The number of nitrogens with one attached hydrogen (secondary N) is 1. The van der Waals surface area contributed by atoms with Crippen LogP contribution in [0.5, 0.6) is 0 Å². The van der Waals surface area contributed by atoms with Gasteiger partial charge in [-0.3, -0.25) is 4.79 Å². The molecule has 1 fully saturated rings. The van der Waals surface area contributed by atoms with Gasteiger partial charge in [0.2, 0.25) is 0 Å². The van der Waals surface area contributed by atoms with Crippen LogP contribution in [-0.4, -0.2) is 26.2 Å². The lowest BCUT2D eigenvalue weighted by Gasteiger charge is -2.29. The minimum Gasteiger partial charge on any atom is -0.385 e. The second-order valence-electron chi connectivity index (χ2n) is 5.76. The number of hydrogen-bond acceptors (Lipinski definition) is 2. The molecule has 3 nitrogen and oxygen atoms in total. The predicted molar refractivity (Wildman–Crippen MR) is 76.1 cm³/mol. The molecule has 0 aliphatic heterocycles. The summed E-state index contributed by atoms with van der Waals surface area (Å²) in [6.45, 7) is 1.12. The second-order valence-corrected chi connectivity index (χ2v) is 5.76. The van der Waals surface area contributed by atoms with Crippen LogP contribution in [0.15, 0.2) is 18.2 Å². The van der Waals surface area contributed by atoms with Crippen LogP contribution in [0.2, 0.25) is 0 Å². The largest absolute Gasteiger partial charge is 0.385 e. The van der Waals surface area contributed by atoms with Gasteiger partial charge in [0.1, 0.15) is 11.6 Å². The first-order chi connectivity index (χ1) is 10.1. The molecule has 1 saturated carbocycles. The number of ether oxygens (including phenoxy) is 1. The Morgan fingerprint density at radius 2 is 2.05 bits per heavy atom. The normalized spacial score (nSPS) is 16.9. The summed E-state index contributed by atoms with van der Waals surface area (Å²) in [4.78, 5) is 12.0. The lowest BCUT2D eigenvalue weighted by Crippen LogP contribution is -2.37. The van der Waals surface area contributed by atoms with E-state index in [1.807, 2.05) is 0 Å². The van der Waals surface area contributed by atoms with E-state index >= 15 is 0 Å². The smallest absolute Gasteiger partial charge is 0.254 e. The number of benzene rings is 1. The highest BCUT2D eigenvalue weighted by atomic mass is 19.1. The lowest BCUT2D eigenvalue weighted by molar-refractivity contribution is 0.0899. The lowest BCUT2D eigenvalue weighted by atomic mass is 9.83. The molecule has 0 heterocycles. The fourth-order valence-corrected chi connectivity index (χ4v) is 2.99. The molecule has 1 aliphatic rings. The van der Waals surface area contributed by atoms with E-state index in [0.29, 0.717) is 13.2 Å². The minimum absolute atomic E-state index is 0.0233. The van der Waals surface area contributed by atoms with E-state index in [9.17, 15) is 13.6 Å². The van der Waals surface area contributed by atoms with Gasteiger partial charge in [-0.2, -0.15) is 0 Å². The molecule has 1 aromatic carbocycles. The van der Waals surface area contributed by atoms with Crippen molar-refractivity contribution in [2.45, 2.75) is 32.1 Å². The Kier molecular flexibility index (Phi) is 5.28. The molecule has 0 unspecified atom stereocenters. The fourth-order valence-electron chi connectivity index (χ4n) is 2.99. The highest BCUT2D eigenvalue weighted by molar-refractivity contribution is 5.94. The number of hydrogen-bond donors (Lipinski definition) is 1. The Bertz CT molecular complexity index is 499. The van der Waals surface area contributed by atoms with E-state index in [0.717, 1.165) is 50.3 Å². The Morgan fingerprint density at radius 3 is 2.71 bits per heavy atom. The molecule has 0 aromatic heterocycles. The molecule has 0 spiro atoms. The summed E-state index contributed by atoms with van der Waals surface area (Å²) < 4.78 is 31.8. The zero-order valence-corrected chi connectivity index (χ0v) is 12.3. The summed E-state index contributed by atoms with van der Waals surface area (Å²) in [5, 5.41) is 2.76. The summed E-state index contributed by atoms with van der Waals surface area (Å²) in [6, 6.07) is 2.91. The number of carbonyl (C=O) groups excluding carboxylic acids is 1. The number of halogens is 2. The molecule has 0 radical (unpaired) electrons. The maximum absolute atomic E-state index is 13.6. The van der Waals surface area contributed by atoms with Gasteiger partial charge in [0.05, 0.1) is 5.56 Å². The van der Waals surface area contributed by atoms with Crippen molar-refractivity contribution in [3.05, 3.63) is 35.4 Å². The number of amides is 1. The van der Waals surface area contributed by atoms with Gasteiger partial charge >= 0.3 is 0 Å². The van der Waals surface area contributed by atoms with Crippen molar-refractivity contribution in [2.24, 2.45) is 5.41 Å². The molecule has 2 rings (SSSR count). The van der Waals surface area contributed by atoms with Crippen molar-refractivity contribution in [3.8, 4) is 0 Å². The Labute approximate surface area is 123 Å². The summed E-state index contributed by atoms with van der Waals surface area (Å²) in [7, 11) is 1.66. The van der Waals surface area contributed by atoms with Gasteiger partial charge in [-0.05, 0) is 42.9 Å². The molecule has 1 aromatic rings. The molecule has 5 heteroatoms. The molecule has 1 N–H and O–H groups in total. The highest BCUT2D eigenvalue weighted by Gasteiger charge is 2.34. The average Bonchev–Trinajstić information content (AvgIpc) is 2.94. The number of rotatable bonds is 6. The zero-order chi connectivity index (χ0) is 15.3. The first-order valence-corrected chi connectivity index (χ1v) is 7.28. The fraction of sp³-hybridized carbons (Fsp3) is 0.562. The number of methoxy groups -OCH3 is 1. The van der Waals surface area contributed by atoms with Crippen molar-refractivity contribution in [1.29, 1.82) is 0 Å². The van der Waals surface area contributed by atoms with Gasteiger partial charge < -0.3 is 10.1 Å². The van der Waals surface area contributed by atoms with Crippen LogP contribution >= 0.6 is 0 Å². The maximum Gasteiger partial charge on any atom is 0.254 e. The number of carbonyl (C=O) groups is 1. The van der Waals surface area contributed by atoms with E-state index in [2.05, 4.69) is 5.32 Å². The van der Waals surface area contributed by atoms with Crippen molar-refractivity contribution in [2.75, 3.05) is 20.3 Å². The minimum atomic E-state index is -0.703. The van der Waals surface area contributed by atoms with Crippen LogP contribution in [0, 0.1) is 17.0 Å². The van der Waals surface area contributed by atoms with Gasteiger partial charge in [0, 0.05) is 20.3 Å². The Hall–Kier alpha value is -1.49. The molecule has 0 atom stereocenters. The molecule has 116 valence electrons. The van der Waals surface area contributed by atoms with Crippen LogP contribution in [-0.2, 0) is 4.74 Å². The van der Waals surface area contributed by atoms with Crippen LogP contribution in [0.4, 0.5) is 8.78 Å². The first kappa shape index (κ1) is 15.9. The van der Waals surface area contributed by atoms with Gasteiger partial charge in [0.15, 0.2) is 0 Å². The second kappa shape index (κ2) is 6.98. The summed E-state index contributed by atoms with van der Waals surface area (Å²) in [6.07, 6.45) is 5.20. The van der Waals surface area contributed by atoms with Crippen LogP contribution in [0.1, 0.15) is 42.5 Å². The predicted octanol–water partition coefficient (Wildman–Crippen LogP) is 3.29. The van der Waals surface area contributed by atoms with Gasteiger partial charge in [-0.25, -0.2) is 8.78 Å². The Balaban J connectivity index is 2.00. The standard InChI is InChI=1S/C16H21F2NO2/c1-21-9-8-16(6-2-3-7-16)11-19-15(20)13-10-12(17)4-5-14(13)18/h4-5,10H,2-3,6-9,11H2,1H3,(H,19,20). The van der Waals surface area contributed by atoms with Gasteiger partial charge in [0.25, 0.3) is 5.91 Å². The molecule has 1 amide bonds. The summed E-state index contributed by atoms with van der Waals surface area (Å²) >= 11 is 0. The van der Waals surface area contributed by atoms with Crippen LogP contribution in [0.3, 0.4) is 0 Å². The topological polar surface area (TPSA) is 38.3 Å². The highest BCUT2D eigenvalue weighted by Crippen LogP contribution is 2.40. The van der Waals surface area contributed by atoms with E-state index in [-0.39, 0.29) is 11.0 Å². The SMILES string of the molecule is COCCC1(CNC(=O)c2cc(F)ccc2F)CCCC1. The van der Waals surface area contributed by atoms with E-state index in [4.69, 9.17) is 4.74 Å². The van der Waals surface area contributed by atoms with E-state index in [1.165, 1.54) is 0 Å². The van der Waals surface area contributed by atoms with Crippen molar-refractivity contribution < 1.29 is 18.3 Å². The van der Waals surface area contributed by atoms with E-state index in [1.54, 1.807) is 7.11 Å². The monoisotopic (exact) mass is 297 g/mol. The van der Waals surface area contributed by atoms with Crippen molar-refractivity contribution >= 4 is 5.91 Å². The third-order valence-electron chi connectivity index (χ3n) is 4.30. The summed E-state index contributed by atoms with van der Waals surface area (Å²) in [5.74, 6) is -1.88. The third-order valence-corrected chi connectivity index (χ3v) is 4.30. The van der Waals surface area contributed by atoms with Crippen molar-refractivity contribution in [1.82, 2.24) is 5.32 Å². The average molecular weight is 297 g/mol. The van der Waals surface area contributed by atoms with Crippen LogP contribution < -0.4 is 5.32 Å². The molecule has 1 aliphatic carbocycles. The molecule has 0 saturated heterocycles. The molecule has 21 heavy (non-hydrogen) atoms. The Morgan fingerprint density at radius 1 is 1.33 bits per heavy atom. The zero-order valence-electron chi connectivity index (χ0n) is 12.3. The summed E-state index contributed by atoms with van der Waals surface area (Å²) in [5.41, 5.74) is -0.218. The third kappa shape index (κ3) is 4.00. The molecular formula is C16H21F2NO2. The molecule has 0 bridgehead atoms. The van der Waals surface area contributed by atoms with E-state index < -0.39 is 17.5 Å². The van der Waals surface area contributed by atoms with Gasteiger partial charge in [-0.1, -0.05) is 12.8 Å². The van der Waals surface area contributed by atoms with Crippen molar-refractivity contribution in [3.63, 3.8) is 0 Å². The first-order valence-electron chi connectivity index (χ1n) is 7.28. The molecular weight excluding hydrogens is 276 g/mol. The maximum atomic E-state index is 13.6. The van der Waals surface area contributed by atoms with Crippen LogP contribution in [0.25, 0.3) is 0 Å². The quantitative estimate of drug-likeness (QED) is 0.875. The van der Waals surface area contributed by atoms with Gasteiger partial charge in [-0.15, -0.1) is 0 Å².